The Morgan fingerprint density at radius 1 is 1.14 bits per heavy atom. The molecule has 0 bridgehead atoms. The van der Waals surface area contributed by atoms with Gasteiger partial charge in [0.15, 0.2) is 0 Å². The lowest BCUT2D eigenvalue weighted by Gasteiger charge is -2.24. The van der Waals surface area contributed by atoms with Crippen LogP contribution in [0.2, 0.25) is 0 Å². The van der Waals surface area contributed by atoms with E-state index in [0.29, 0.717) is 6.04 Å². The van der Waals surface area contributed by atoms with E-state index in [1.807, 2.05) is 12.3 Å². The van der Waals surface area contributed by atoms with Gasteiger partial charge in [-0.3, -0.25) is 4.90 Å². The zero-order chi connectivity index (χ0) is 14.9. The van der Waals surface area contributed by atoms with Crippen LogP contribution >= 0.6 is 0 Å². The van der Waals surface area contributed by atoms with Gasteiger partial charge in [-0.2, -0.15) is 0 Å². The van der Waals surface area contributed by atoms with Gasteiger partial charge in [-0.1, -0.05) is 18.2 Å². The maximum absolute atomic E-state index is 4.50. The topological polar surface area (TPSA) is 44.8 Å². The minimum atomic E-state index is 0.464. The second kappa shape index (κ2) is 5.54. The van der Waals surface area contributed by atoms with E-state index >= 15 is 0 Å². The quantitative estimate of drug-likeness (QED) is 0.799. The van der Waals surface area contributed by atoms with Gasteiger partial charge in [0.25, 0.3) is 0 Å². The standard InChI is InChI=1S/C18H20N4/c1-13(22-9-2-3-10-22)14-5-4-6-15(11-14)17-16-7-8-19-18(16)21-12-20-17/h4-8,11-13H,2-3,9-10H2,1H3,(H,19,20,21)/t13-/m1/s1. The minimum absolute atomic E-state index is 0.464. The van der Waals surface area contributed by atoms with E-state index in [0.717, 1.165) is 22.3 Å². The second-order valence-electron chi connectivity index (χ2n) is 6.01. The van der Waals surface area contributed by atoms with E-state index in [1.165, 1.54) is 31.5 Å². The fraction of sp³-hybridized carbons (Fsp3) is 0.333. The smallest absolute Gasteiger partial charge is 0.141 e. The average molecular weight is 292 g/mol. The Balaban J connectivity index is 1.74. The monoisotopic (exact) mass is 292 g/mol. The summed E-state index contributed by atoms with van der Waals surface area (Å²) < 4.78 is 0. The number of benzene rings is 1. The molecule has 0 unspecified atom stereocenters. The molecule has 112 valence electrons. The van der Waals surface area contributed by atoms with Crippen LogP contribution in [-0.4, -0.2) is 32.9 Å². The predicted octanol–water partition coefficient (Wildman–Crippen LogP) is 3.78. The number of H-pyrrole nitrogens is 1. The molecule has 1 fully saturated rings. The molecule has 0 radical (unpaired) electrons. The Bertz CT molecular complexity index is 786. The van der Waals surface area contributed by atoms with Crippen molar-refractivity contribution in [2.75, 3.05) is 13.1 Å². The molecule has 2 aromatic heterocycles. The molecule has 1 aliphatic rings. The van der Waals surface area contributed by atoms with Crippen molar-refractivity contribution >= 4 is 11.0 Å². The average Bonchev–Trinajstić information content (AvgIpc) is 3.25. The number of likely N-dealkylation sites (tertiary alicyclic amines) is 1. The summed E-state index contributed by atoms with van der Waals surface area (Å²) in [5.41, 5.74) is 4.42. The van der Waals surface area contributed by atoms with E-state index in [2.05, 4.69) is 51.0 Å². The van der Waals surface area contributed by atoms with Crippen molar-refractivity contribution in [1.82, 2.24) is 19.9 Å². The third-order valence-corrected chi connectivity index (χ3v) is 4.68. The summed E-state index contributed by atoms with van der Waals surface area (Å²) in [6, 6.07) is 11.3. The molecule has 3 heterocycles. The summed E-state index contributed by atoms with van der Waals surface area (Å²) in [6.07, 6.45) is 6.18. The number of fused-ring (bicyclic) bond motifs is 1. The molecular weight excluding hydrogens is 272 g/mol. The van der Waals surface area contributed by atoms with E-state index < -0.39 is 0 Å². The van der Waals surface area contributed by atoms with E-state index in [4.69, 9.17) is 0 Å². The van der Waals surface area contributed by atoms with Gasteiger partial charge in [0.05, 0.1) is 5.69 Å². The van der Waals surface area contributed by atoms with Crippen LogP contribution in [-0.2, 0) is 0 Å². The van der Waals surface area contributed by atoms with E-state index in [1.54, 1.807) is 6.33 Å². The van der Waals surface area contributed by atoms with Gasteiger partial charge in [-0.15, -0.1) is 0 Å². The highest BCUT2D eigenvalue weighted by atomic mass is 15.2. The van der Waals surface area contributed by atoms with Crippen LogP contribution in [0.3, 0.4) is 0 Å². The zero-order valence-corrected chi connectivity index (χ0v) is 12.8. The number of nitrogens with one attached hydrogen (secondary N) is 1. The van der Waals surface area contributed by atoms with Crippen molar-refractivity contribution in [2.45, 2.75) is 25.8 Å². The largest absolute Gasteiger partial charge is 0.346 e. The highest BCUT2D eigenvalue weighted by Gasteiger charge is 2.19. The fourth-order valence-corrected chi connectivity index (χ4v) is 3.39. The van der Waals surface area contributed by atoms with Crippen molar-refractivity contribution in [3.8, 4) is 11.3 Å². The number of nitrogens with zero attached hydrogens (tertiary/aromatic N) is 3. The van der Waals surface area contributed by atoms with E-state index in [-0.39, 0.29) is 0 Å². The van der Waals surface area contributed by atoms with Crippen molar-refractivity contribution in [3.63, 3.8) is 0 Å². The minimum Gasteiger partial charge on any atom is -0.346 e. The summed E-state index contributed by atoms with van der Waals surface area (Å²) in [4.78, 5) is 14.5. The molecule has 22 heavy (non-hydrogen) atoms. The lowest BCUT2D eigenvalue weighted by molar-refractivity contribution is 0.263. The Morgan fingerprint density at radius 2 is 2.00 bits per heavy atom. The lowest BCUT2D eigenvalue weighted by atomic mass is 10.0. The molecule has 1 N–H and O–H groups in total. The van der Waals surface area contributed by atoms with Crippen LogP contribution in [0.1, 0.15) is 31.4 Å². The molecule has 1 aliphatic heterocycles. The van der Waals surface area contributed by atoms with Crippen LogP contribution in [0, 0.1) is 0 Å². The first-order valence-electron chi connectivity index (χ1n) is 7.95. The summed E-state index contributed by atoms with van der Waals surface area (Å²) in [5, 5.41) is 1.08. The molecule has 0 spiro atoms. The SMILES string of the molecule is C[C@H](c1cccc(-c2ncnc3[nH]ccc23)c1)N1CCCC1. The van der Waals surface area contributed by atoms with Crippen molar-refractivity contribution in [1.29, 1.82) is 0 Å². The maximum Gasteiger partial charge on any atom is 0.141 e. The van der Waals surface area contributed by atoms with Gasteiger partial charge >= 0.3 is 0 Å². The first-order valence-corrected chi connectivity index (χ1v) is 7.95. The van der Waals surface area contributed by atoms with Gasteiger partial charge in [0.1, 0.15) is 12.0 Å². The Kier molecular flexibility index (Phi) is 3.39. The molecule has 4 heteroatoms. The zero-order valence-electron chi connectivity index (χ0n) is 12.8. The molecule has 0 amide bonds. The van der Waals surface area contributed by atoms with Gasteiger partial charge in [-0.25, -0.2) is 9.97 Å². The Morgan fingerprint density at radius 3 is 2.86 bits per heavy atom. The molecule has 1 atom stereocenters. The summed E-state index contributed by atoms with van der Waals surface area (Å²) in [6.45, 7) is 4.72. The number of aromatic nitrogens is 3. The molecule has 1 saturated heterocycles. The number of hydrogen-bond donors (Lipinski definition) is 1. The molecule has 4 rings (SSSR count). The Labute approximate surface area is 130 Å². The van der Waals surface area contributed by atoms with Gasteiger partial charge < -0.3 is 4.98 Å². The van der Waals surface area contributed by atoms with Crippen LogP contribution in [0.5, 0.6) is 0 Å². The van der Waals surface area contributed by atoms with Crippen molar-refractivity contribution in [3.05, 3.63) is 48.4 Å². The molecule has 0 aliphatic carbocycles. The lowest BCUT2D eigenvalue weighted by Crippen LogP contribution is -2.23. The maximum atomic E-state index is 4.50. The van der Waals surface area contributed by atoms with Crippen molar-refractivity contribution < 1.29 is 0 Å². The van der Waals surface area contributed by atoms with Crippen LogP contribution < -0.4 is 0 Å². The van der Waals surface area contributed by atoms with Crippen LogP contribution in [0.25, 0.3) is 22.3 Å². The van der Waals surface area contributed by atoms with Gasteiger partial charge in [-0.05, 0) is 50.6 Å². The highest BCUT2D eigenvalue weighted by molar-refractivity contribution is 5.90. The third kappa shape index (κ3) is 2.29. The van der Waals surface area contributed by atoms with Crippen LogP contribution in [0.4, 0.5) is 0 Å². The summed E-state index contributed by atoms with van der Waals surface area (Å²) in [7, 11) is 0. The van der Waals surface area contributed by atoms with Crippen molar-refractivity contribution in [2.24, 2.45) is 0 Å². The summed E-state index contributed by atoms with van der Waals surface area (Å²) >= 11 is 0. The summed E-state index contributed by atoms with van der Waals surface area (Å²) in [5.74, 6) is 0. The third-order valence-electron chi connectivity index (χ3n) is 4.68. The molecule has 1 aromatic carbocycles. The first kappa shape index (κ1) is 13.5. The van der Waals surface area contributed by atoms with Crippen LogP contribution in [0.15, 0.2) is 42.9 Å². The second-order valence-corrected chi connectivity index (χ2v) is 6.01. The van der Waals surface area contributed by atoms with Gasteiger partial charge in [0, 0.05) is 23.2 Å². The first-order chi connectivity index (χ1) is 10.8. The fourth-order valence-electron chi connectivity index (χ4n) is 3.39. The number of aromatic amines is 1. The van der Waals surface area contributed by atoms with Gasteiger partial charge in [0.2, 0.25) is 0 Å². The number of hydrogen-bond acceptors (Lipinski definition) is 3. The van der Waals surface area contributed by atoms with E-state index in [9.17, 15) is 0 Å². The Hall–Kier alpha value is -2.20. The molecular formula is C18H20N4. The normalized spacial score (nSPS) is 17.1. The molecule has 0 saturated carbocycles. The number of rotatable bonds is 3. The molecule has 4 nitrogen and oxygen atoms in total. The molecule has 3 aromatic rings. The predicted molar refractivity (Wildman–Crippen MR) is 88.5 cm³/mol. The highest BCUT2D eigenvalue weighted by Crippen LogP contribution is 2.30.